The number of primary amides is 1. The van der Waals surface area contributed by atoms with Crippen LogP contribution in [-0.2, 0) is 4.79 Å². The predicted molar refractivity (Wildman–Crippen MR) is 65.3 cm³/mol. The van der Waals surface area contributed by atoms with Crippen molar-refractivity contribution in [1.82, 2.24) is 4.98 Å². The highest BCUT2D eigenvalue weighted by Gasteiger charge is 2.45. The van der Waals surface area contributed by atoms with E-state index < -0.39 is 17.4 Å². The first kappa shape index (κ1) is 12.3. The molecule has 1 aliphatic carbocycles. The predicted octanol–water partition coefficient (Wildman–Crippen LogP) is 0.908. The van der Waals surface area contributed by atoms with Gasteiger partial charge in [-0.05, 0) is 38.3 Å². The van der Waals surface area contributed by atoms with E-state index in [1.54, 1.807) is 19.1 Å². The lowest BCUT2D eigenvalue weighted by Crippen LogP contribution is -2.52. The summed E-state index contributed by atoms with van der Waals surface area (Å²) in [6.45, 7) is 1.77. The fourth-order valence-electron chi connectivity index (χ4n) is 2.00. The fourth-order valence-corrected chi connectivity index (χ4v) is 2.00. The van der Waals surface area contributed by atoms with Crippen LogP contribution in [0.5, 0.6) is 0 Å². The molecule has 0 aliphatic heterocycles. The van der Waals surface area contributed by atoms with Crippen LogP contribution in [-0.4, -0.2) is 27.5 Å². The average molecular weight is 249 g/mol. The summed E-state index contributed by atoms with van der Waals surface area (Å²) in [4.78, 5) is 26.7. The summed E-state index contributed by atoms with van der Waals surface area (Å²) >= 11 is 0. The van der Waals surface area contributed by atoms with Crippen molar-refractivity contribution in [3.8, 4) is 0 Å². The van der Waals surface area contributed by atoms with Crippen LogP contribution in [0.15, 0.2) is 12.1 Å². The van der Waals surface area contributed by atoms with Crippen LogP contribution in [0, 0.1) is 6.92 Å². The number of carbonyl (C=O) groups is 2. The maximum absolute atomic E-state index is 11.3. The number of nitrogens with one attached hydrogen (secondary N) is 1. The van der Waals surface area contributed by atoms with Gasteiger partial charge in [0.1, 0.15) is 11.4 Å². The quantitative estimate of drug-likeness (QED) is 0.735. The van der Waals surface area contributed by atoms with Crippen LogP contribution in [0.25, 0.3) is 0 Å². The van der Waals surface area contributed by atoms with Gasteiger partial charge in [-0.15, -0.1) is 0 Å². The number of aryl methyl sites for hydroxylation is 1. The van der Waals surface area contributed by atoms with Crippen molar-refractivity contribution in [3.05, 3.63) is 23.4 Å². The fraction of sp³-hybridized carbons (Fsp3) is 0.417. The Kier molecular flexibility index (Phi) is 2.94. The summed E-state index contributed by atoms with van der Waals surface area (Å²) in [5, 5.41) is 12.1. The Hall–Kier alpha value is -2.11. The van der Waals surface area contributed by atoms with Crippen molar-refractivity contribution in [2.75, 3.05) is 5.32 Å². The molecule has 2 rings (SSSR count). The molecule has 1 aliphatic rings. The van der Waals surface area contributed by atoms with Gasteiger partial charge in [-0.3, -0.25) is 4.79 Å². The topological polar surface area (TPSA) is 105 Å². The Labute approximate surface area is 104 Å². The monoisotopic (exact) mass is 249 g/mol. The maximum atomic E-state index is 11.3. The summed E-state index contributed by atoms with van der Waals surface area (Å²) in [5.41, 5.74) is 5.16. The van der Waals surface area contributed by atoms with Gasteiger partial charge in [0.05, 0.1) is 5.56 Å². The van der Waals surface area contributed by atoms with E-state index in [0.717, 1.165) is 6.42 Å². The molecule has 1 aromatic rings. The lowest BCUT2D eigenvalue weighted by Gasteiger charge is -2.39. The number of rotatable bonds is 4. The van der Waals surface area contributed by atoms with Crippen molar-refractivity contribution < 1.29 is 14.7 Å². The maximum Gasteiger partial charge on any atom is 0.329 e. The average Bonchev–Trinajstić information content (AvgIpc) is 2.22. The summed E-state index contributed by atoms with van der Waals surface area (Å²) in [6.07, 6.45) is 1.89. The number of pyridine rings is 1. The number of nitrogens with two attached hydrogens (primary N) is 1. The molecule has 0 bridgehead atoms. The molecule has 0 radical (unpaired) electrons. The zero-order chi connectivity index (χ0) is 13.3. The molecule has 96 valence electrons. The van der Waals surface area contributed by atoms with E-state index in [0.29, 0.717) is 18.5 Å². The number of nitrogens with zero attached hydrogens (tertiary/aromatic N) is 1. The molecule has 1 heterocycles. The highest BCUT2D eigenvalue weighted by atomic mass is 16.4. The molecule has 0 aromatic carbocycles. The number of carboxylic acid groups (broad SMARTS) is 1. The van der Waals surface area contributed by atoms with Gasteiger partial charge in [-0.2, -0.15) is 0 Å². The Morgan fingerprint density at radius 1 is 1.44 bits per heavy atom. The number of amides is 1. The minimum absolute atomic E-state index is 0.216. The summed E-state index contributed by atoms with van der Waals surface area (Å²) in [7, 11) is 0. The highest BCUT2D eigenvalue weighted by molar-refractivity contribution is 5.98. The first-order chi connectivity index (χ1) is 8.44. The molecule has 0 saturated heterocycles. The largest absolute Gasteiger partial charge is 0.480 e. The number of hydrogen-bond acceptors (Lipinski definition) is 4. The van der Waals surface area contributed by atoms with E-state index in [9.17, 15) is 14.7 Å². The SMILES string of the molecule is Cc1ccc(C(N)=O)c(NC2(C(=O)O)CCC2)n1. The van der Waals surface area contributed by atoms with Crippen LogP contribution in [0.1, 0.15) is 35.3 Å². The van der Waals surface area contributed by atoms with Crippen molar-refractivity contribution in [2.24, 2.45) is 5.73 Å². The van der Waals surface area contributed by atoms with E-state index in [-0.39, 0.29) is 11.4 Å². The third-order valence-electron chi connectivity index (χ3n) is 3.27. The van der Waals surface area contributed by atoms with Crippen molar-refractivity contribution in [1.29, 1.82) is 0 Å². The van der Waals surface area contributed by atoms with Crippen molar-refractivity contribution >= 4 is 17.7 Å². The molecule has 4 N–H and O–H groups in total. The zero-order valence-corrected chi connectivity index (χ0v) is 10.1. The van der Waals surface area contributed by atoms with Crippen LogP contribution < -0.4 is 11.1 Å². The van der Waals surface area contributed by atoms with Crippen LogP contribution in [0.4, 0.5) is 5.82 Å². The summed E-state index contributed by atoms with van der Waals surface area (Å²) in [6, 6.07) is 3.22. The van der Waals surface area contributed by atoms with Crippen molar-refractivity contribution in [3.63, 3.8) is 0 Å². The smallest absolute Gasteiger partial charge is 0.329 e. The molecule has 1 amide bonds. The minimum Gasteiger partial charge on any atom is -0.480 e. The second-order valence-corrected chi connectivity index (χ2v) is 4.58. The van der Waals surface area contributed by atoms with Gasteiger partial charge in [0.25, 0.3) is 5.91 Å². The standard InChI is InChI=1S/C12H15N3O3/c1-7-3-4-8(9(13)16)10(14-7)15-12(11(17)18)5-2-6-12/h3-4H,2,5-6H2,1H3,(H2,13,16)(H,14,15)(H,17,18). The molecule has 6 nitrogen and oxygen atoms in total. The minimum atomic E-state index is -1.01. The lowest BCUT2D eigenvalue weighted by molar-refractivity contribution is -0.145. The first-order valence-electron chi connectivity index (χ1n) is 5.74. The van der Waals surface area contributed by atoms with Crippen LogP contribution in [0.2, 0.25) is 0 Å². The third kappa shape index (κ3) is 2.01. The van der Waals surface area contributed by atoms with E-state index in [1.165, 1.54) is 0 Å². The molecule has 1 aromatic heterocycles. The van der Waals surface area contributed by atoms with Gasteiger partial charge in [0.2, 0.25) is 0 Å². The molecule has 1 saturated carbocycles. The number of aromatic nitrogens is 1. The molecular formula is C12H15N3O3. The van der Waals surface area contributed by atoms with E-state index >= 15 is 0 Å². The molecule has 0 unspecified atom stereocenters. The van der Waals surface area contributed by atoms with Gasteiger partial charge in [0, 0.05) is 5.69 Å². The van der Waals surface area contributed by atoms with Gasteiger partial charge < -0.3 is 16.2 Å². The number of aliphatic carboxylic acids is 1. The molecular weight excluding hydrogens is 234 g/mol. The Morgan fingerprint density at radius 3 is 2.56 bits per heavy atom. The van der Waals surface area contributed by atoms with Crippen LogP contribution >= 0.6 is 0 Å². The Balaban J connectivity index is 2.36. The third-order valence-corrected chi connectivity index (χ3v) is 3.27. The molecule has 6 heteroatoms. The van der Waals surface area contributed by atoms with Gasteiger partial charge in [-0.25, -0.2) is 9.78 Å². The Bertz CT molecular complexity index is 509. The van der Waals surface area contributed by atoms with E-state index in [1.807, 2.05) is 0 Å². The summed E-state index contributed by atoms with van der Waals surface area (Å²) in [5.74, 6) is -1.29. The van der Waals surface area contributed by atoms with Crippen LogP contribution in [0.3, 0.4) is 0 Å². The Morgan fingerprint density at radius 2 is 2.11 bits per heavy atom. The number of hydrogen-bond donors (Lipinski definition) is 3. The molecule has 18 heavy (non-hydrogen) atoms. The molecule has 1 fully saturated rings. The molecule has 0 atom stereocenters. The zero-order valence-electron chi connectivity index (χ0n) is 10.1. The summed E-state index contributed by atoms with van der Waals surface area (Å²) < 4.78 is 0. The normalized spacial score (nSPS) is 16.7. The highest BCUT2D eigenvalue weighted by Crippen LogP contribution is 2.35. The first-order valence-corrected chi connectivity index (χ1v) is 5.74. The number of carboxylic acids is 1. The van der Waals surface area contributed by atoms with Gasteiger partial charge >= 0.3 is 5.97 Å². The second kappa shape index (κ2) is 4.29. The van der Waals surface area contributed by atoms with E-state index in [2.05, 4.69) is 10.3 Å². The van der Waals surface area contributed by atoms with Gasteiger partial charge in [-0.1, -0.05) is 0 Å². The van der Waals surface area contributed by atoms with Crippen molar-refractivity contribution in [2.45, 2.75) is 31.7 Å². The molecule has 0 spiro atoms. The van der Waals surface area contributed by atoms with E-state index in [4.69, 9.17) is 5.73 Å². The second-order valence-electron chi connectivity index (χ2n) is 4.58. The van der Waals surface area contributed by atoms with Gasteiger partial charge in [0.15, 0.2) is 0 Å². The number of anilines is 1. The number of carbonyl (C=O) groups excluding carboxylic acids is 1. The lowest BCUT2D eigenvalue weighted by atomic mass is 9.76.